The van der Waals surface area contributed by atoms with Crippen LogP contribution in [0.2, 0.25) is 0 Å². The van der Waals surface area contributed by atoms with Gasteiger partial charge in [-0.3, -0.25) is 5.32 Å². The van der Waals surface area contributed by atoms with Crippen LogP contribution in [-0.4, -0.2) is 22.3 Å². The average molecular weight is 421 g/mol. The summed E-state index contributed by atoms with van der Waals surface area (Å²) in [5.74, 6) is -0.874. The summed E-state index contributed by atoms with van der Waals surface area (Å²) in [6.07, 6.45) is 3.65. The SMILES string of the molecule is CC(C)Cc1cc(OC(=O)Nc2nccs2)n(CCOc2ccc(F)c(F)c2)c1. The van der Waals surface area contributed by atoms with Gasteiger partial charge in [0.1, 0.15) is 12.4 Å². The van der Waals surface area contributed by atoms with E-state index in [1.54, 1.807) is 22.2 Å². The maximum absolute atomic E-state index is 13.3. The third-order valence-electron chi connectivity index (χ3n) is 3.89. The van der Waals surface area contributed by atoms with Gasteiger partial charge >= 0.3 is 6.09 Å². The van der Waals surface area contributed by atoms with Crippen molar-refractivity contribution < 1.29 is 23.0 Å². The van der Waals surface area contributed by atoms with Crippen molar-refractivity contribution in [3.63, 3.8) is 0 Å². The second-order valence-electron chi connectivity index (χ2n) is 6.75. The predicted octanol–water partition coefficient (Wildman–Crippen LogP) is 5.11. The van der Waals surface area contributed by atoms with Crippen molar-refractivity contribution in [3.8, 4) is 11.6 Å². The number of hydrogen-bond donors (Lipinski definition) is 1. The van der Waals surface area contributed by atoms with Gasteiger partial charge in [0, 0.05) is 29.9 Å². The van der Waals surface area contributed by atoms with Gasteiger partial charge in [-0.2, -0.15) is 0 Å². The molecule has 3 rings (SSSR count). The number of halogens is 2. The highest BCUT2D eigenvalue weighted by Crippen LogP contribution is 2.22. The molecule has 29 heavy (non-hydrogen) atoms. The molecule has 154 valence electrons. The minimum absolute atomic E-state index is 0.186. The van der Waals surface area contributed by atoms with Crippen LogP contribution in [0.25, 0.3) is 0 Å². The molecule has 0 unspecified atom stereocenters. The predicted molar refractivity (Wildman–Crippen MR) is 107 cm³/mol. The van der Waals surface area contributed by atoms with E-state index in [1.807, 2.05) is 6.20 Å². The van der Waals surface area contributed by atoms with Gasteiger partial charge in [0.25, 0.3) is 0 Å². The summed E-state index contributed by atoms with van der Waals surface area (Å²) >= 11 is 1.29. The molecular weight excluding hydrogens is 400 g/mol. The van der Waals surface area contributed by atoms with Gasteiger partial charge in [0.15, 0.2) is 16.8 Å². The number of thiazole rings is 1. The number of ether oxygens (including phenoxy) is 2. The second kappa shape index (κ2) is 9.51. The maximum atomic E-state index is 13.3. The van der Waals surface area contributed by atoms with Crippen LogP contribution >= 0.6 is 11.3 Å². The van der Waals surface area contributed by atoms with E-state index in [0.29, 0.717) is 23.5 Å². The minimum Gasteiger partial charge on any atom is -0.492 e. The molecule has 0 atom stereocenters. The molecule has 0 saturated heterocycles. The van der Waals surface area contributed by atoms with Gasteiger partial charge < -0.3 is 14.0 Å². The molecule has 0 radical (unpaired) electrons. The lowest BCUT2D eigenvalue weighted by Gasteiger charge is -2.11. The first-order valence-corrected chi connectivity index (χ1v) is 9.94. The van der Waals surface area contributed by atoms with Crippen molar-refractivity contribution >= 4 is 22.6 Å². The number of nitrogens with zero attached hydrogens (tertiary/aromatic N) is 2. The lowest BCUT2D eigenvalue weighted by molar-refractivity contribution is 0.209. The molecule has 0 aliphatic rings. The first kappa shape index (κ1) is 20.8. The fraction of sp³-hybridized carbons (Fsp3) is 0.300. The van der Waals surface area contributed by atoms with E-state index < -0.39 is 17.7 Å². The average Bonchev–Trinajstić information content (AvgIpc) is 3.28. The molecule has 0 saturated carbocycles. The largest absolute Gasteiger partial charge is 0.492 e. The van der Waals surface area contributed by atoms with Gasteiger partial charge in [-0.05, 0) is 30.0 Å². The molecule has 1 aromatic carbocycles. The Balaban J connectivity index is 1.65. The van der Waals surface area contributed by atoms with Crippen molar-refractivity contribution in [2.45, 2.75) is 26.8 Å². The monoisotopic (exact) mass is 421 g/mol. The zero-order chi connectivity index (χ0) is 20.8. The normalized spacial score (nSPS) is 10.9. The summed E-state index contributed by atoms with van der Waals surface area (Å²) in [5, 5.41) is 4.75. The van der Waals surface area contributed by atoms with Crippen molar-refractivity contribution in [2.24, 2.45) is 5.92 Å². The number of rotatable bonds is 8. The lowest BCUT2D eigenvalue weighted by Crippen LogP contribution is -2.19. The minimum atomic E-state index is -0.967. The van der Waals surface area contributed by atoms with Crippen LogP contribution in [0.1, 0.15) is 19.4 Å². The summed E-state index contributed by atoms with van der Waals surface area (Å²) in [5.41, 5.74) is 1.02. The van der Waals surface area contributed by atoms with E-state index >= 15 is 0 Å². The molecule has 1 amide bonds. The summed E-state index contributed by atoms with van der Waals surface area (Å²) in [7, 11) is 0. The Hall–Kier alpha value is -2.94. The van der Waals surface area contributed by atoms with Crippen LogP contribution < -0.4 is 14.8 Å². The number of amides is 1. The highest BCUT2D eigenvalue weighted by Gasteiger charge is 2.14. The summed E-state index contributed by atoms with van der Waals surface area (Å²) in [4.78, 5) is 16.1. The molecule has 2 heterocycles. The molecule has 0 aliphatic carbocycles. The van der Waals surface area contributed by atoms with Crippen LogP contribution in [0.5, 0.6) is 11.6 Å². The number of hydrogen-bond acceptors (Lipinski definition) is 5. The van der Waals surface area contributed by atoms with Crippen LogP contribution in [0, 0.1) is 17.6 Å². The standard InChI is InChI=1S/C20H21F2N3O3S/c1-13(2)9-14-10-18(28-20(26)24-19-23-5-8-29-19)25(12-14)6-7-27-15-3-4-16(21)17(22)11-15/h3-5,8,10-13H,6-7,9H2,1-2H3,(H,23,24,26). The lowest BCUT2D eigenvalue weighted by atomic mass is 10.1. The van der Waals surface area contributed by atoms with Gasteiger partial charge in [-0.25, -0.2) is 18.6 Å². The number of anilines is 1. The Kier molecular flexibility index (Phi) is 6.82. The third-order valence-corrected chi connectivity index (χ3v) is 4.58. The highest BCUT2D eigenvalue weighted by molar-refractivity contribution is 7.13. The second-order valence-corrected chi connectivity index (χ2v) is 7.65. The molecule has 0 spiro atoms. The zero-order valence-electron chi connectivity index (χ0n) is 16.0. The van der Waals surface area contributed by atoms with Crippen molar-refractivity contribution in [1.82, 2.24) is 9.55 Å². The van der Waals surface area contributed by atoms with E-state index in [1.165, 1.54) is 17.4 Å². The summed E-state index contributed by atoms with van der Waals surface area (Å²) in [6.45, 7) is 4.74. The molecule has 0 bridgehead atoms. The number of nitrogens with one attached hydrogen (secondary N) is 1. The molecule has 9 heteroatoms. The van der Waals surface area contributed by atoms with Gasteiger partial charge in [-0.15, -0.1) is 11.3 Å². The summed E-state index contributed by atoms with van der Waals surface area (Å²) in [6, 6.07) is 5.17. The van der Waals surface area contributed by atoms with E-state index in [-0.39, 0.29) is 12.4 Å². The van der Waals surface area contributed by atoms with E-state index in [2.05, 4.69) is 24.1 Å². The van der Waals surface area contributed by atoms with E-state index in [0.717, 1.165) is 24.1 Å². The molecule has 1 N–H and O–H groups in total. The molecule has 6 nitrogen and oxygen atoms in total. The fourth-order valence-corrected chi connectivity index (χ4v) is 3.22. The van der Waals surface area contributed by atoms with Gasteiger partial charge in [-0.1, -0.05) is 13.8 Å². The molecule has 0 aliphatic heterocycles. The Labute approximate surface area is 171 Å². The third kappa shape index (κ3) is 6.02. The van der Waals surface area contributed by atoms with Gasteiger partial charge in [0.2, 0.25) is 5.88 Å². The van der Waals surface area contributed by atoms with Crippen LogP contribution in [-0.2, 0) is 13.0 Å². The first-order valence-electron chi connectivity index (χ1n) is 9.06. The van der Waals surface area contributed by atoms with Crippen molar-refractivity contribution in [1.29, 1.82) is 0 Å². The molecule has 2 aromatic heterocycles. The number of carbonyl (C=O) groups excluding carboxylic acids is 1. The van der Waals surface area contributed by atoms with Crippen LogP contribution in [0.15, 0.2) is 42.0 Å². The number of benzene rings is 1. The fourth-order valence-electron chi connectivity index (χ4n) is 2.71. The molecule has 3 aromatic rings. The van der Waals surface area contributed by atoms with Crippen molar-refractivity contribution in [2.75, 3.05) is 11.9 Å². The van der Waals surface area contributed by atoms with E-state index in [4.69, 9.17) is 9.47 Å². The van der Waals surface area contributed by atoms with Crippen LogP contribution in [0.4, 0.5) is 18.7 Å². The summed E-state index contributed by atoms with van der Waals surface area (Å²) < 4.78 is 39.0. The topological polar surface area (TPSA) is 65.4 Å². The first-order chi connectivity index (χ1) is 13.9. The zero-order valence-corrected chi connectivity index (χ0v) is 16.8. The Bertz CT molecular complexity index is 958. The number of aromatic nitrogens is 2. The Morgan fingerprint density at radius 3 is 2.79 bits per heavy atom. The highest BCUT2D eigenvalue weighted by atomic mass is 32.1. The van der Waals surface area contributed by atoms with E-state index in [9.17, 15) is 13.6 Å². The van der Waals surface area contributed by atoms with Crippen molar-refractivity contribution in [3.05, 3.63) is 59.2 Å². The molecule has 0 fully saturated rings. The maximum Gasteiger partial charge on any atom is 0.420 e. The molecular formula is C20H21F2N3O3S. The smallest absolute Gasteiger partial charge is 0.420 e. The quantitative estimate of drug-likeness (QED) is 0.549. The van der Waals surface area contributed by atoms with Gasteiger partial charge in [0.05, 0.1) is 6.54 Å². The van der Waals surface area contributed by atoms with Crippen LogP contribution in [0.3, 0.4) is 0 Å². The Morgan fingerprint density at radius 2 is 2.10 bits per heavy atom. The number of carbonyl (C=O) groups is 1. The Morgan fingerprint density at radius 1 is 1.28 bits per heavy atom.